The van der Waals surface area contributed by atoms with E-state index in [-0.39, 0.29) is 29.9 Å². The number of nitrogens with one attached hydrogen (secondary N) is 2. The Hall–Kier alpha value is -3.99. The van der Waals surface area contributed by atoms with Crippen molar-refractivity contribution in [1.82, 2.24) is 25.1 Å². The molecule has 0 unspecified atom stereocenters. The van der Waals surface area contributed by atoms with E-state index >= 15 is 0 Å². The van der Waals surface area contributed by atoms with Gasteiger partial charge in [0.15, 0.2) is 17.3 Å². The number of primary amides is 1. The quantitative estimate of drug-likeness (QED) is 0.343. The van der Waals surface area contributed by atoms with Crippen molar-refractivity contribution in [2.24, 2.45) is 5.73 Å². The van der Waals surface area contributed by atoms with Crippen LogP contribution in [0.15, 0.2) is 36.4 Å². The molecule has 0 bridgehead atoms. The second kappa shape index (κ2) is 13.9. The highest BCUT2D eigenvalue weighted by molar-refractivity contribution is 5.96. The Balaban J connectivity index is 1.99. The molecule has 0 saturated heterocycles. The third-order valence-electron chi connectivity index (χ3n) is 5.53. The molecule has 0 aliphatic rings. The number of nitrogens with zero attached hydrogens (tertiary/aromatic N) is 5. The molecule has 37 heavy (non-hydrogen) atoms. The number of hydrogen-bond donors (Lipinski definition) is 3. The predicted molar refractivity (Wildman–Crippen MR) is 146 cm³/mol. The third kappa shape index (κ3) is 9.19. The molecule has 200 valence electrons. The number of likely N-dealkylation sites (N-methyl/N-ethyl adjacent to an activating group) is 2. The third-order valence-corrected chi connectivity index (χ3v) is 5.53. The summed E-state index contributed by atoms with van der Waals surface area (Å²) in [6, 6.07) is 7.57. The molecule has 11 nitrogen and oxygen atoms in total. The van der Waals surface area contributed by atoms with Gasteiger partial charge in [0.25, 0.3) is 5.91 Å². The second-order valence-electron chi connectivity index (χ2n) is 8.99. The summed E-state index contributed by atoms with van der Waals surface area (Å²) < 4.78 is 0. The zero-order valence-electron chi connectivity index (χ0n) is 22.5. The lowest BCUT2D eigenvalue weighted by atomic mass is 10.1. The minimum absolute atomic E-state index is 0.0245. The van der Waals surface area contributed by atoms with E-state index in [1.807, 2.05) is 62.1 Å². The fourth-order valence-electron chi connectivity index (χ4n) is 3.41. The van der Waals surface area contributed by atoms with Crippen LogP contribution in [0.25, 0.3) is 0 Å². The maximum absolute atomic E-state index is 12.3. The maximum atomic E-state index is 12.3. The van der Waals surface area contributed by atoms with E-state index in [9.17, 15) is 14.4 Å². The van der Waals surface area contributed by atoms with Crippen molar-refractivity contribution in [3.63, 3.8) is 0 Å². The first kappa shape index (κ1) is 29.2. The van der Waals surface area contributed by atoms with E-state index in [1.54, 1.807) is 20.0 Å². The summed E-state index contributed by atoms with van der Waals surface area (Å²) in [6.45, 7) is 5.54. The van der Waals surface area contributed by atoms with Crippen molar-refractivity contribution in [1.29, 1.82) is 0 Å². The first-order valence-corrected chi connectivity index (χ1v) is 12.1. The molecule has 0 radical (unpaired) electrons. The molecule has 0 saturated carbocycles. The van der Waals surface area contributed by atoms with Crippen molar-refractivity contribution >= 4 is 35.0 Å². The first-order chi connectivity index (χ1) is 17.5. The SMILES string of the molecule is CCN(C)c1nc(Nc2cccc(CCNC(=O)CN(C)C(=O)/C=C/CN(C)C)c2)c(C(N)=O)nc1C. The molecule has 0 atom stereocenters. The molecular formula is C26H38N8O3. The minimum atomic E-state index is -0.667. The number of anilines is 3. The van der Waals surface area contributed by atoms with Gasteiger partial charge >= 0.3 is 0 Å². The van der Waals surface area contributed by atoms with Crippen LogP contribution in [0.1, 0.15) is 28.7 Å². The molecule has 2 rings (SSSR count). The summed E-state index contributed by atoms with van der Waals surface area (Å²) in [5, 5.41) is 6.00. The van der Waals surface area contributed by atoms with Crippen LogP contribution in [0.4, 0.5) is 17.3 Å². The standard InChI is InChI=1S/C26H38N8O3/c1-7-33(5)26-18(2)29-23(24(27)37)25(31-26)30-20-11-8-10-19(16-20)13-14-28-21(35)17-34(6)22(36)12-9-15-32(3)4/h8-12,16H,7,13-15,17H2,1-6H3,(H2,27,37)(H,28,35)(H,30,31)/b12-9+. The van der Waals surface area contributed by atoms with Gasteiger partial charge in [0.05, 0.1) is 12.2 Å². The van der Waals surface area contributed by atoms with Crippen LogP contribution in [0.5, 0.6) is 0 Å². The van der Waals surface area contributed by atoms with Crippen molar-refractivity contribution in [2.45, 2.75) is 20.3 Å². The normalized spacial score (nSPS) is 11.0. The smallest absolute Gasteiger partial charge is 0.271 e. The number of benzene rings is 1. The number of nitrogens with two attached hydrogens (primary N) is 1. The Morgan fingerprint density at radius 2 is 1.84 bits per heavy atom. The van der Waals surface area contributed by atoms with Crippen molar-refractivity contribution in [3.05, 3.63) is 53.4 Å². The number of hydrogen-bond acceptors (Lipinski definition) is 8. The molecule has 0 aliphatic heterocycles. The highest BCUT2D eigenvalue weighted by Crippen LogP contribution is 2.24. The molecule has 1 aromatic carbocycles. The fourth-order valence-corrected chi connectivity index (χ4v) is 3.41. The summed E-state index contributed by atoms with van der Waals surface area (Å²) in [6.07, 6.45) is 3.81. The highest BCUT2D eigenvalue weighted by Gasteiger charge is 2.18. The van der Waals surface area contributed by atoms with Crippen LogP contribution in [-0.4, -0.2) is 91.9 Å². The van der Waals surface area contributed by atoms with Crippen LogP contribution in [0.3, 0.4) is 0 Å². The summed E-state index contributed by atoms with van der Waals surface area (Å²) in [4.78, 5) is 50.5. The van der Waals surface area contributed by atoms with Gasteiger partial charge < -0.3 is 31.1 Å². The van der Waals surface area contributed by atoms with Gasteiger partial charge in [-0.15, -0.1) is 0 Å². The lowest BCUT2D eigenvalue weighted by Gasteiger charge is -2.20. The van der Waals surface area contributed by atoms with Crippen molar-refractivity contribution < 1.29 is 14.4 Å². The van der Waals surface area contributed by atoms with E-state index < -0.39 is 5.91 Å². The van der Waals surface area contributed by atoms with Crippen LogP contribution >= 0.6 is 0 Å². The first-order valence-electron chi connectivity index (χ1n) is 12.1. The van der Waals surface area contributed by atoms with E-state index in [0.717, 1.165) is 12.1 Å². The fraction of sp³-hybridized carbons (Fsp3) is 0.423. The average molecular weight is 511 g/mol. The van der Waals surface area contributed by atoms with E-state index in [1.165, 1.54) is 11.0 Å². The van der Waals surface area contributed by atoms with Crippen LogP contribution in [0, 0.1) is 6.92 Å². The largest absolute Gasteiger partial charge is 0.364 e. The maximum Gasteiger partial charge on any atom is 0.271 e. The van der Waals surface area contributed by atoms with Crippen LogP contribution in [0.2, 0.25) is 0 Å². The number of aryl methyl sites for hydroxylation is 1. The van der Waals surface area contributed by atoms with Gasteiger partial charge in [-0.05, 0) is 52.1 Å². The zero-order valence-corrected chi connectivity index (χ0v) is 22.5. The number of rotatable bonds is 13. The number of amides is 3. The van der Waals surface area contributed by atoms with Gasteiger partial charge in [-0.25, -0.2) is 9.97 Å². The van der Waals surface area contributed by atoms with Crippen molar-refractivity contribution in [2.75, 3.05) is 64.6 Å². The predicted octanol–water partition coefficient (Wildman–Crippen LogP) is 1.32. The monoisotopic (exact) mass is 510 g/mol. The number of carbonyl (C=O) groups excluding carboxylic acids is 3. The van der Waals surface area contributed by atoms with Gasteiger partial charge in [-0.1, -0.05) is 18.2 Å². The minimum Gasteiger partial charge on any atom is -0.364 e. The summed E-state index contributed by atoms with van der Waals surface area (Å²) in [5.41, 5.74) is 7.91. The second-order valence-corrected chi connectivity index (χ2v) is 8.99. The lowest BCUT2D eigenvalue weighted by molar-refractivity contribution is -0.131. The molecule has 0 fully saturated rings. The molecule has 2 aromatic rings. The average Bonchev–Trinajstić information content (AvgIpc) is 2.84. The van der Waals surface area contributed by atoms with Crippen LogP contribution < -0.4 is 21.3 Å². The molecule has 1 aromatic heterocycles. The van der Waals surface area contributed by atoms with Gasteiger partial charge in [-0.3, -0.25) is 14.4 Å². The molecule has 11 heteroatoms. The number of carbonyl (C=O) groups is 3. The van der Waals surface area contributed by atoms with Crippen LogP contribution in [-0.2, 0) is 16.0 Å². The van der Waals surface area contributed by atoms with Gasteiger partial charge in [-0.2, -0.15) is 0 Å². The molecule has 3 amide bonds. The Bertz CT molecular complexity index is 1130. The summed E-state index contributed by atoms with van der Waals surface area (Å²) in [5.74, 6) is -0.186. The Kier molecular flexibility index (Phi) is 11.0. The molecular weight excluding hydrogens is 472 g/mol. The van der Waals surface area contributed by atoms with Gasteiger partial charge in [0.2, 0.25) is 11.8 Å². The topological polar surface area (TPSA) is 137 Å². The Morgan fingerprint density at radius 3 is 2.49 bits per heavy atom. The lowest BCUT2D eigenvalue weighted by Crippen LogP contribution is -2.38. The van der Waals surface area contributed by atoms with E-state index in [2.05, 4.69) is 20.6 Å². The molecule has 1 heterocycles. The highest BCUT2D eigenvalue weighted by atomic mass is 16.2. The molecule has 4 N–H and O–H groups in total. The Labute approximate surface area is 218 Å². The molecule has 0 aliphatic carbocycles. The van der Waals surface area contributed by atoms with Gasteiger partial charge in [0, 0.05) is 45.5 Å². The molecule has 0 spiro atoms. The summed E-state index contributed by atoms with van der Waals surface area (Å²) in [7, 11) is 7.31. The van der Waals surface area contributed by atoms with E-state index in [4.69, 9.17) is 5.73 Å². The zero-order chi connectivity index (χ0) is 27.5. The Morgan fingerprint density at radius 1 is 1.11 bits per heavy atom. The summed E-state index contributed by atoms with van der Waals surface area (Å²) >= 11 is 0. The van der Waals surface area contributed by atoms with E-state index in [0.29, 0.717) is 36.7 Å². The number of aromatic nitrogens is 2. The van der Waals surface area contributed by atoms with Crippen molar-refractivity contribution in [3.8, 4) is 0 Å². The van der Waals surface area contributed by atoms with Gasteiger partial charge in [0.1, 0.15) is 0 Å².